The Morgan fingerprint density at radius 3 is 2.45 bits per heavy atom. The van der Waals surface area contributed by atoms with Crippen molar-refractivity contribution >= 4 is 39.2 Å². The molecule has 1 amide bonds. The van der Waals surface area contributed by atoms with Gasteiger partial charge in [-0.05, 0) is 61.6 Å². The first kappa shape index (κ1) is 23.2. The monoisotopic (exact) mass is 464 g/mol. The zero-order valence-electron chi connectivity index (χ0n) is 17.6. The maximum atomic E-state index is 13.0. The molecule has 7 nitrogen and oxygen atoms in total. The van der Waals surface area contributed by atoms with Gasteiger partial charge in [0.15, 0.2) is 0 Å². The number of rotatable bonds is 5. The first-order chi connectivity index (χ1) is 14.6. The van der Waals surface area contributed by atoms with Gasteiger partial charge in [-0.3, -0.25) is 4.79 Å². The lowest BCUT2D eigenvalue weighted by molar-refractivity contribution is 0.0599. The topological polar surface area (TPSA) is 92.8 Å². The van der Waals surface area contributed by atoms with Gasteiger partial charge in [0.1, 0.15) is 0 Å². The zero-order valence-corrected chi connectivity index (χ0v) is 19.2. The molecule has 0 atom stereocenters. The molecular formula is C22H25ClN2O5S. The van der Waals surface area contributed by atoms with E-state index in [0.29, 0.717) is 35.8 Å². The summed E-state index contributed by atoms with van der Waals surface area (Å²) in [5.41, 5.74) is 1.30. The van der Waals surface area contributed by atoms with E-state index in [1.165, 1.54) is 29.6 Å². The first-order valence-corrected chi connectivity index (χ1v) is 11.8. The number of carbonyl (C=O) groups excluding carboxylic acids is 2. The van der Waals surface area contributed by atoms with Crippen molar-refractivity contribution in [1.29, 1.82) is 0 Å². The molecule has 2 aromatic rings. The Morgan fingerprint density at radius 1 is 1.13 bits per heavy atom. The summed E-state index contributed by atoms with van der Waals surface area (Å²) in [5, 5.41) is 2.84. The summed E-state index contributed by atoms with van der Waals surface area (Å²) in [6.07, 6.45) is 1.60. The molecule has 0 unspecified atom stereocenters. The van der Waals surface area contributed by atoms with Crippen LogP contribution in [0.2, 0.25) is 5.02 Å². The standard InChI is InChI=1S/C22H25ClN2O5S/c1-14-9-11-25(12-10-14)31(28,29)16-7-8-19(23)18(13-16)21(26)24-20-6-4-5-17(15(20)2)22(27)30-3/h4-8,13-14H,9-12H2,1-3H3,(H,24,26). The van der Waals surface area contributed by atoms with Crippen molar-refractivity contribution < 1.29 is 22.7 Å². The highest BCUT2D eigenvalue weighted by atomic mass is 35.5. The van der Waals surface area contributed by atoms with Crippen LogP contribution in [0.1, 0.15) is 46.0 Å². The van der Waals surface area contributed by atoms with Gasteiger partial charge in [0.05, 0.1) is 28.2 Å². The summed E-state index contributed by atoms with van der Waals surface area (Å²) in [6.45, 7) is 4.69. The van der Waals surface area contributed by atoms with Crippen LogP contribution in [0.3, 0.4) is 0 Å². The Labute approximate surface area is 187 Å². The minimum atomic E-state index is -3.73. The number of hydrogen-bond acceptors (Lipinski definition) is 5. The lowest BCUT2D eigenvalue weighted by Crippen LogP contribution is -2.37. The van der Waals surface area contributed by atoms with E-state index in [1.807, 2.05) is 0 Å². The number of halogens is 1. The van der Waals surface area contributed by atoms with Crippen molar-refractivity contribution in [3.63, 3.8) is 0 Å². The van der Waals surface area contributed by atoms with Crippen LogP contribution in [0.4, 0.5) is 5.69 Å². The molecule has 3 rings (SSSR count). The number of carbonyl (C=O) groups is 2. The Hall–Kier alpha value is -2.42. The van der Waals surface area contributed by atoms with Crippen molar-refractivity contribution in [2.24, 2.45) is 5.92 Å². The van der Waals surface area contributed by atoms with E-state index in [9.17, 15) is 18.0 Å². The second-order valence-electron chi connectivity index (χ2n) is 7.65. The first-order valence-electron chi connectivity index (χ1n) is 9.94. The highest BCUT2D eigenvalue weighted by molar-refractivity contribution is 7.89. The number of ether oxygens (including phenoxy) is 1. The molecule has 1 aliphatic rings. The van der Waals surface area contributed by atoms with Crippen LogP contribution < -0.4 is 5.32 Å². The molecule has 0 saturated carbocycles. The molecule has 0 aliphatic carbocycles. The average molecular weight is 465 g/mol. The van der Waals surface area contributed by atoms with Gasteiger partial charge >= 0.3 is 5.97 Å². The lowest BCUT2D eigenvalue weighted by atomic mass is 10.0. The van der Waals surface area contributed by atoms with E-state index in [0.717, 1.165) is 12.8 Å². The van der Waals surface area contributed by atoms with Crippen LogP contribution >= 0.6 is 11.6 Å². The number of esters is 1. The number of hydrogen-bond donors (Lipinski definition) is 1. The Morgan fingerprint density at radius 2 is 1.81 bits per heavy atom. The number of nitrogens with zero attached hydrogens (tertiary/aromatic N) is 1. The van der Waals surface area contributed by atoms with Gasteiger partial charge in [0, 0.05) is 18.8 Å². The number of methoxy groups -OCH3 is 1. The molecule has 0 bridgehead atoms. The average Bonchev–Trinajstić information content (AvgIpc) is 2.75. The minimum Gasteiger partial charge on any atom is -0.465 e. The van der Waals surface area contributed by atoms with E-state index in [1.54, 1.807) is 25.1 Å². The predicted molar refractivity (Wildman–Crippen MR) is 119 cm³/mol. The molecule has 166 valence electrons. The van der Waals surface area contributed by atoms with Crippen molar-refractivity contribution in [3.05, 3.63) is 58.1 Å². The maximum absolute atomic E-state index is 13.0. The van der Waals surface area contributed by atoms with Gasteiger partial charge in [-0.25, -0.2) is 13.2 Å². The Balaban J connectivity index is 1.89. The second-order valence-corrected chi connectivity index (χ2v) is 10.00. The third-order valence-corrected chi connectivity index (χ3v) is 7.77. The third-order valence-electron chi connectivity index (χ3n) is 5.55. The van der Waals surface area contributed by atoms with Crippen LogP contribution in [-0.2, 0) is 14.8 Å². The Bertz CT molecular complexity index is 1110. The summed E-state index contributed by atoms with van der Waals surface area (Å²) >= 11 is 6.21. The molecule has 0 aromatic heterocycles. The lowest BCUT2D eigenvalue weighted by Gasteiger charge is -2.29. The van der Waals surface area contributed by atoms with Gasteiger partial charge in [0.25, 0.3) is 5.91 Å². The molecule has 1 heterocycles. The molecule has 31 heavy (non-hydrogen) atoms. The summed E-state index contributed by atoms with van der Waals surface area (Å²) in [6, 6.07) is 8.97. The van der Waals surface area contributed by atoms with Gasteiger partial charge in [0.2, 0.25) is 10.0 Å². The van der Waals surface area contributed by atoms with Crippen LogP contribution in [0.5, 0.6) is 0 Å². The van der Waals surface area contributed by atoms with E-state index >= 15 is 0 Å². The Kier molecular flexibility index (Phi) is 7.03. The van der Waals surface area contributed by atoms with Crippen LogP contribution in [0, 0.1) is 12.8 Å². The highest BCUT2D eigenvalue weighted by Crippen LogP contribution is 2.28. The van der Waals surface area contributed by atoms with E-state index in [2.05, 4.69) is 12.2 Å². The number of amides is 1. The van der Waals surface area contributed by atoms with Gasteiger partial charge in [-0.2, -0.15) is 4.31 Å². The normalized spacial score (nSPS) is 15.5. The fraction of sp³-hybridized carbons (Fsp3) is 0.364. The van der Waals surface area contributed by atoms with Gasteiger partial charge in [-0.1, -0.05) is 24.6 Å². The molecular weight excluding hydrogens is 440 g/mol. The smallest absolute Gasteiger partial charge is 0.338 e. The molecule has 1 saturated heterocycles. The molecule has 9 heteroatoms. The zero-order chi connectivity index (χ0) is 22.8. The summed E-state index contributed by atoms with van der Waals surface area (Å²) in [7, 11) is -2.45. The molecule has 1 fully saturated rings. The van der Waals surface area contributed by atoms with Crippen molar-refractivity contribution in [2.45, 2.75) is 31.6 Å². The fourth-order valence-electron chi connectivity index (χ4n) is 3.50. The van der Waals surface area contributed by atoms with Crippen molar-refractivity contribution in [1.82, 2.24) is 4.31 Å². The molecule has 1 N–H and O–H groups in total. The summed E-state index contributed by atoms with van der Waals surface area (Å²) in [5.74, 6) is -0.600. The van der Waals surface area contributed by atoms with E-state index < -0.39 is 21.9 Å². The summed E-state index contributed by atoms with van der Waals surface area (Å²) < 4.78 is 32.3. The minimum absolute atomic E-state index is 0.0247. The quantitative estimate of drug-likeness (QED) is 0.672. The number of benzene rings is 2. The van der Waals surface area contributed by atoms with E-state index in [4.69, 9.17) is 16.3 Å². The maximum Gasteiger partial charge on any atom is 0.338 e. The molecule has 0 radical (unpaired) electrons. The van der Waals surface area contributed by atoms with Gasteiger partial charge in [-0.15, -0.1) is 0 Å². The van der Waals surface area contributed by atoms with Crippen molar-refractivity contribution in [2.75, 3.05) is 25.5 Å². The summed E-state index contributed by atoms with van der Waals surface area (Å²) in [4.78, 5) is 24.8. The molecule has 1 aliphatic heterocycles. The molecule has 0 spiro atoms. The SMILES string of the molecule is COC(=O)c1cccc(NC(=O)c2cc(S(=O)(=O)N3CCC(C)CC3)ccc2Cl)c1C. The fourth-order valence-corrected chi connectivity index (χ4v) is 5.20. The van der Waals surface area contributed by atoms with Gasteiger partial charge < -0.3 is 10.1 Å². The predicted octanol–water partition coefficient (Wildman–Crippen LogP) is 4.11. The van der Waals surface area contributed by atoms with Crippen LogP contribution in [0.25, 0.3) is 0 Å². The van der Waals surface area contributed by atoms with Crippen LogP contribution in [-0.4, -0.2) is 44.8 Å². The largest absolute Gasteiger partial charge is 0.465 e. The van der Waals surface area contributed by atoms with Crippen molar-refractivity contribution in [3.8, 4) is 0 Å². The van der Waals surface area contributed by atoms with Crippen LogP contribution in [0.15, 0.2) is 41.3 Å². The number of sulfonamides is 1. The molecule has 2 aromatic carbocycles. The van der Waals surface area contributed by atoms with E-state index in [-0.39, 0.29) is 15.5 Å². The third kappa shape index (κ3) is 4.92. The second kappa shape index (κ2) is 9.38. The number of anilines is 1. The number of nitrogens with one attached hydrogen (secondary N) is 1. The number of piperidine rings is 1. The highest BCUT2D eigenvalue weighted by Gasteiger charge is 2.29.